The Bertz CT molecular complexity index is 788. The van der Waals surface area contributed by atoms with Crippen LogP contribution in [0.3, 0.4) is 0 Å². The summed E-state index contributed by atoms with van der Waals surface area (Å²) in [5, 5.41) is 8.13. The second-order valence-corrected chi connectivity index (χ2v) is 5.73. The first-order valence-electron chi connectivity index (χ1n) is 8.44. The number of rotatable bonds is 7. The van der Waals surface area contributed by atoms with Gasteiger partial charge in [-0.3, -0.25) is 14.4 Å². The van der Waals surface area contributed by atoms with Gasteiger partial charge in [0.2, 0.25) is 5.91 Å². The third kappa shape index (κ3) is 5.70. The number of nitrogens with zero attached hydrogens (tertiary/aromatic N) is 1. The summed E-state index contributed by atoms with van der Waals surface area (Å²) in [6.07, 6.45) is 1.87. The van der Waals surface area contributed by atoms with Gasteiger partial charge in [0.25, 0.3) is 11.8 Å². The lowest BCUT2D eigenvalue weighted by molar-refractivity contribution is -0.114. The standard InChI is InChI=1S/C19H22N4O3/c1-3-4-12-20-18(25)16-6-5-7-17(23-16)19(26)22-15-10-8-14(9-11-15)21-13(2)24/h5-11H,3-4,12H2,1-2H3,(H,20,25)(H,21,24)(H,22,26). The van der Waals surface area contributed by atoms with Crippen LogP contribution in [0.25, 0.3) is 0 Å². The molecular formula is C19H22N4O3. The van der Waals surface area contributed by atoms with Gasteiger partial charge in [-0.05, 0) is 42.8 Å². The zero-order valence-corrected chi connectivity index (χ0v) is 14.8. The van der Waals surface area contributed by atoms with E-state index in [0.717, 1.165) is 12.8 Å². The highest BCUT2D eigenvalue weighted by atomic mass is 16.2. The van der Waals surface area contributed by atoms with Crippen LogP contribution in [0.4, 0.5) is 11.4 Å². The van der Waals surface area contributed by atoms with Gasteiger partial charge in [-0.1, -0.05) is 19.4 Å². The molecule has 0 saturated heterocycles. The van der Waals surface area contributed by atoms with Gasteiger partial charge < -0.3 is 16.0 Å². The van der Waals surface area contributed by atoms with Crippen molar-refractivity contribution in [2.75, 3.05) is 17.2 Å². The summed E-state index contributed by atoms with van der Waals surface area (Å²) in [6.45, 7) is 4.04. The Kier molecular flexibility index (Phi) is 6.84. The first-order chi connectivity index (χ1) is 12.5. The molecule has 2 rings (SSSR count). The van der Waals surface area contributed by atoms with Gasteiger partial charge in [0.1, 0.15) is 11.4 Å². The fraction of sp³-hybridized carbons (Fsp3) is 0.263. The number of anilines is 2. The molecule has 0 aliphatic heterocycles. The lowest BCUT2D eigenvalue weighted by Gasteiger charge is -2.08. The average Bonchev–Trinajstić information content (AvgIpc) is 2.63. The summed E-state index contributed by atoms with van der Waals surface area (Å²) in [5.41, 5.74) is 1.55. The lowest BCUT2D eigenvalue weighted by Crippen LogP contribution is -2.26. The van der Waals surface area contributed by atoms with E-state index in [4.69, 9.17) is 0 Å². The molecule has 136 valence electrons. The Morgan fingerprint density at radius 1 is 0.885 bits per heavy atom. The van der Waals surface area contributed by atoms with Crippen LogP contribution in [0.5, 0.6) is 0 Å². The normalized spacial score (nSPS) is 10.1. The van der Waals surface area contributed by atoms with Crippen LogP contribution in [-0.2, 0) is 4.79 Å². The third-order valence-corrected chi connectivity index (χ3v) is 3.49. The Balaban J connectivity index is 2.02. The van der Waals surface area contributed by atoms with Crippen LogP contribution in [0.15, 0.2) is 42.5 Å². The van der Waals surface area contributed by atoms with E-state index < -0.39 is 5.91 Å². The van der Waals surface area contributed by atoms with Crippen LogP contribution < -0.4 is 16.0 Å². The Morgan fingerprint density at radius 3 is 2.04 bits per heavy atom. The largest absolute Gasteiger partial charge is 0.351 e. The number of nitrogens with one attached hydrogen (secondary N) is 3. The SMILES string of the molecule is CCCCNC(=O)c1cccc(C(=O)Nc2ccc(NC(C)=O)cc2)n1. The van der Waals surface area contributed by atoms with E-state index in [-0.39, 0.29) is 23.2 Å². The van der Waals surface area contributed by atoms with Crippen molar-refractivity contribution < 1.29 is 14.4 Å². The number of hydrogen-bond donors (Lipinski definition) is 3. The second-order valence-electron chi connectivity index (χ2n) is 5.73. The van der Waals surface area contributed by atoms with Crippen molar-refractivity contribution in [3.8, 4) is 0 Å². The van der Waals surface area contributed by atoms with Crippen molar-refractivity contribution in [1.29, 1.82) is 0 Å². The molecule has 1 aromatic heterocycles. The first-order valence-corrected chi connectivity index (χ1v) is 8.44. The summed E-state index contributed by atoms with van der Waals surface area (Å²) in [5.74, 6) is -0.881. The number of aromatic nitrogens is 1. The smallest absolute Gasteiger partial charge is 0.274 e. The predicted octanol–water partition coefficient (Wildman–Crippen LogP) is 2.82. The van der Waals surface area contributed by atoms with Crippen molar-refractivity contribution in [3.05, 3.63) is 53.9 Å². The van der Waals surface area contributed by atoms with Gasteiger partial charge in [0, 0.05) is 24.8 Å². The van der Waals surface area contributed by atoms with Gasteiger partial charge in [-0.2, -0.15) is 0 Å². The van der Waals surface area contributed by atoms with Crippen molar-refractivity contribution in [1.82, 2.24) is 10.3 Å². The number of pyridine rings is 1. The van der Waals surface area contributed by atoms with E-state index in [1.54, 1.807) is 42.5 Å². The molecule has 3 N–H and O–H groups in total. The zero-order valence-electron chi connectivity index (χ0n) is 14.8. The molecule has 0 aliphatic carbocycles. The summed E-state index contributed by atoms with van der Waals surface area (Å²) in [4.78, 5) is 39.5. The summed E-state index contributed by atoms with van der Waals surface area (Å²) in [6, 6.07) is 11.4. The lowest BCUT2D eigenvalue weighted by atomic mass is 10.2. The molecule has 0 spiro atoms. The van der Waals surface area contributed by atoms with Crippen molar-refractivity contribution in [2.24, 2.45) is 0 Å². The number of unbranched alkanes of at least 4 members (excludes halogenated alkanes) is 1. The molecule has 0 bridgehead atoms. The molecule has 1 aromatic carbocycles. The highest BCUT2D eigenvalue weighted by molar-refractivity contribution is 6.04. The van der Waals surface area contributed by atoms with Gasteiger partial charge in [0.15, 0.2) is 0 Å². The number of benzene rings is 1. The number of carbonyl (C=O) groups is 3. The maximum Gasteiger partial charge on any atom is 0.274 e. The molecule has 26 heavy (non-hydrogen) atoms. The van der Waals surface area contributed by atoms with Crippen LogP contribution in [0, 0.1) is 0 Å². The van der Waals surface area contributed by atoms with Crippen LogP contribution in [0.1, 0.15) is 47.7 Å². The highest BCUT2D eigenvalue weighted by Crippen LogP contribution is 2.14. The highest BCUT2D eigenvalue weighted by Gasteiger charge is 2.12. The molecule has 1 heterocycles. The maximum absolute atomic E-state index is 12.3. The van der Waals surface area contributed by atoms with E-state index >= 15 is 0 Å². The van der Waals surface area contributed by atoms with Gasteiger partial charge in [-0.25, -0.2) is 4.98 Å². The summed E-state index contributed by atoms with van der Waals surface area (Å²) in [7, 11) is 0. The van der Waals surface area contributed by atoms with E-state index in [2.05, 4.69) is 20.9 Å². The minimum absolute atomic E-state index is 0.152. The summed E-state index contributed by atoms with van der Waals surface area (Å²) >= 11 is 0. The van der Waals surface area contributed by atoms with Crippen molar-refractivity contribution >= 4 is 29.1 Å². The van der Waals surface area contributed by atoms with Crippen molar-refractivity contribution in [3.63, 3.8) is 0 Å². The molecule has 7 nitrogen and oxygen atoms in total. The average molecular weight is 354 g/mol. The Hall–Kier alpha value is -3.22. The quantitative estimate of drug-likeness (QED) is 0.666. The second kappa shape index (κ2) is 9.31. The molecule has 0 unspecified atom stereocenters. The summed E-state index contributed by atoms with van der Waals surface area (Å²) < 4.78 is 0. The first kappa shape index (κ1) is 19.1. The fourth-order valence-electron chi connectivity index (χ4n) is 2.19. The molecular weight excluding hydrogens is 332 g/mol. The van der Waals surface area contributed by atoms with E-state index in [9.17, 15) is 14.4 Å². The predicted molar refractivity (Wildman–Crippen MR) is 100 cm³/mol. The van der Waals surface area contributed by atoms with Gasteiger partial charge in [0.05, 0.1) is 0 Å². The number of amides is 3. The van der Waals surface area contributed by atoms with E-state index in [1.165, 1.54) is 6.92 Å². The van der Waals surface area contributed by atoms with Crippen LogP contribution >= 0.6 is 0 Å². The third-order valence-electron chi connectivity index (χ3n) is 3.49. The molecule has 0 aliphatic rings. The molecule has 0 radical (unpaired) electrons. The number of hydrogen-bond acceptors (Lipinski definition) is 4. The minimum Gasteiger partial charge on any atom is -0.351 e. The van der Waals surface area contributed by atoms with Crippen LogP contribution in [-0.4, -0.2) is 29.3 Å². The van der Waals surface area contributed by atoms with Gasteiger partial charge in [-0.15, -0.1) is 0 Å². The van der Waals surface area contributed by atoms with Gasteiger partial charge >= 0.3 is 0 Å². The molecule has 0 fully saturated rings. The topological polar surface area (TPSA) is 100 Å². The zero-order chi connectivity index (χ0) is 18.9. The number of carbonyl (C=O) groups excluding carboxylic acids is 3. The maximum atomic E-state index is 12.3. The molecule has 2 aromatic rings. The Morgan fingerprint density at radius 2 is 1.46 bits per heavy atom. The Labute approximate surface area is 152 Å². The molecule has 3 amide bonds. The minimum atomic E-state index is -0.416. The molecule has 7 heteroatoms. The van der Waals surface area contributed by atoms with E-state index in [1.807, 2.05) is 6.92 Å². The monoisotopic (exact) mass is 354 g/mol. The fourth-order valence-corrected chi connectivity index (χ4v) is 2.19. The van der Waals surface area contributed by atoms with E-state index in [0.29, 0.717) is 17.9 Å². The molecule has 0 saturated carbocycles. The van der Waals surface area contributed by atoms with Crippen molar-refractivity contribution in [2.45, 2.75) is 26.7 Å². The van der Waals surface area contributed by atoms with Crippen LogP contribution in [0.2, 0.25) is 0 Å². The molecule has 0 atom stereocenters.